The second-order valence-electron chi connectivity index (χ2n) is 7.24. The molecule has 3 rings (SSSR count). The first-order valence-electron chi connectivity index (χ1n) is 9.92. The summed E-state index contributed by atoms with van der Waals surface area (Å²) >= 11 is 0. The van der Waals surface area contributed by atoms with Gasteiger partial charge in [0, 0.05) is 30.3 Å². The van der Waals surface area contributed by atoms with Gasteiger partial charge in [0.15, 0.2) is 12.4 Å². The standard InChI is InChI=1S/C23H24N2O7/c1-14(26)15-5-4-6-17(9-15)24-21(27)13-32-23(29)16-10-22(28)25(12-16)19-11-18(30-2)7-8-20(19)31-3/h4-9,11,16H,10,12-13H2,1-3H3,(H,24,27)/t16-/m0/s1. The number of benzene rings is 2. The van der Waals surface area contributed by atoms with Gasteiger partial charge in [-0.1, -0.05) is 12.1 Å². The SMILES string of the molecule is COc1ccc(OC)c(N2C[C@@H](C(=O)OCC(=O)Nc3cccc(C(C)=O)c3)CC2=O)c1. The number of esters is 1. The van der Waals surface area contributed by atoms with E-state index in [2.05, 4.69) is 5.32 Å². The summed E-state index contributed by atoms with van der Waals surface area (Å²) in [5, 5.41) is 2.58. The van der Waals surface area contributed by atoms with Crippen LogP contribution in [0.1, 0.15) is 23.7 Å². The van der Waals surface area contributed by atoms with Crippen molar-refractivity contribution < 1.29 is 33.4 Å². The molecule has 0 aliphatic carbocycles. The third kappa shape index (κ3) is 5.23. The van der Waals surface area contributed by atoms with Crippen molar-refractivity contribution in [3.05, 3.63) is 48.0 Å². The average molecular weight is 440 g/mol. The molecule has 168 valence electrons. The minimum atomic E-state index is -0.716. The van der Waals surface area contributed by atoms with E-state index < -0.39 is 24.4 Å². The number of anilines is 2. The van der Waals surface area contributed by atoms with Crippen LogP contribution in [0.25, 0.3) is 0 Å². The van der Waals surface area contributed by atoms with Crippen molar-refractivity contribution in [2.24, 2.45) is 5.92 Å². The van der Waals surface area contributed by atoms with Gasteiger partial charge in [-0.3, -0.25) is 19.2 Å². The number of hydrogen-bond acceptors (Lipinski definition) is 7. The van der Waals surface area contributed by atoms with E-state index in [9.17, 15) is 19.2 Å². The molecule has 0 aromatic heterocycles. The van der Waals surface area contributed by atoms with Gasteiger partial charge >= 0.3 is 5.97 Å². The van der Waals surface area contributed by atoms with E-state index in [-0.39, 0.29) is 24.7 Å². The van der Waals surface area contributed by atoms with Gasteiger partial charge in [-0.05, 0) is 31.2 Å². The third-order valence-corrected chi connectivity index (χ3v) is 5.03. The van der Waals surface area contributed by atoms with Gasteiger partial charge in [0.05, 0.1) is 25.8 Å². The van der Waals surface area contributed by atoms with Crippen LogP contribution in [0.2, 0.25) is 0 Å². The number of nitrogens with zero attached hydrogens (tertiary/aromatic N) is 1. The summed E-state index contributed by atoms with van der Waals surface area (Å²) in [6.07, 6.45) is -0.0402. The number of Topliss-reactive ketones (excluding diaryl/α,β-unsaturated/α-hetero) is 1. The molecule has 9 nitrogen and oxygen atoms in total. The molecule has 1 aliphatic heterocycles. The Morgan fingerprint density at radius 3 is 2.56 bits per heavy atom. The van der Waals surface area contributed by atoms with Gasteiger partial charge in [0.2, 0.25) is 5.91 Å². The first-order valence-corrected chi connectivity index (χ1v) is 9.92. The fraction of sp³-hybridized carbons (Fsp3) is 0.304. The molecule has 32 heavy (non-hydrogen) atoms. The lowest BCUT2D eigenvalue weighted by molar-refractivity contribution is -0.151. The van der Waals surface area contributed by atoms with Gasteiger partial charge < -0.3 is 24.4 Å². The van der Waals surface area contributed by atoms with Crippen molar-refractivity contribution in [2.45, 2.75) is 13.3 Å². The smallest absolute Gasteiger partial charge is 0.311 e. The van der Waals surface area contributed by atoms with Gasteiger partial charge in [0.25, 0.3) is 5.91 Å². The predicted octanol–water partition coefficient (Wildman–Crippen LogP) is 2.44. The zero-order valence-corrected chi connectivity index (χ0v) is 18.0. The summed E-state index contributed by atoms with van der Waals surface area (Å²) in [7, 11) is 3.00. The van der Waals surface area contributed by atoms with Gasteiger partial charge in [-0.25, -0.2) is 0 Å². The zero-order chi connectivity index (χ0) is 23.3. The average Bonchev–Trinajstić information content (AvgIpc) is 3.18. The Labute approximate surface area is 185 Å². The molecule has 2 aromatic carbocycles. The molecule has 1 fully saturated rings. The Hall–Kier alpha value is -3.88. The van der Waals surface area contributed by atoms with Crippen LogP contribution in [0.5, 0.6) is 11.5 Å². The molecular weight excluding hydrogens is 416 g/mol. The Morgan fingerprint density at radius 2 is 1.88 bits per heavy atom. The molecule has 0 spiro atoms. The number of ketones is 1. The fourth-order valence-corrected chi connectivity index (χ4v) is 3.37. The first kappa shape index (κ1) is 22.8. The van der Waals surface area contributed by atoms with E-state index in [1.54, 1.807) is 36.4 Å². The molecule has 2 amide bonds. The minimum absolute atomic E-state index is 0.0402. The van der Waals surface area contributed by atoms with Crippen LogP contribution in [0.15, 0.2) is 42.5 Å². The Kier molecular flexibility index (Phi) is 7.09. The van der Waals surface area contributed by atoms with Crippen molar-refractivity contribution in [1.29, 1.82) is 0 Å². The topological polar surface area (TPSA) is 111 Å². The van der Waals surface area contributed by atoms with Gasteiger partial charge in [0.1, 0.15) is 11.5 Å². The monoisotopic (exact) mass is 440 g/mol. The number of carbonyl (C=O) groups is 4. The quantitative estimate of drug-likeness (QED) is 0.496. The molecule has 0 saturated carbocycles. The molecular formula is C23H24N2O7. The molecule has 0 unspecified atom stereocenters. The summed E-state index contributed by atoms with van der Waals surface area (Å²) in [5.74, 6) is -1.28. The number of amides is 2. The number of ether oxygens (including phenoxy) is 3. The van der Waals surface area contributed by atoms with E-state index >= 15 is 0 Å². The number of nitrogens with one attached hydrogen (secondary N) is 1. The van der Waals surface area contributed by atoms with Crippen LogP contribution in [-0.2, 0) is 19.1 Å². The highest BCUT2D eigenvalue weighted by Gasteiger charge is 2.37. The van der Waals surface area contributed by atoms with Crippen molar-refractivity contribution >= 4 is 34.9 Å². The maximum absolute atomic E-state index is 12.5. The normalized spacial score (nSPS) is 15.3. The summed E-state index contributed by atoms with van der Waals surface area (Å²) in [4.78, 5) is 50.0. The van der Waals surface area contributed by atoms with E-state index in [4.69, 9.17) is 14.2 Å². The highest BCUT2D eigenvalue weighted by Crippen LogP contribution is 2.36. The van der Waals surface area contributed by atoms with E-state index in [0.29, 0.717) is 28.4 Å². The molecule has 9 heteroatoms. The van der Waals surface area contributed by atoms with E-state index in [1.807, 2.05) is 0 Å². The van der Waals surface area contributed by atoms with Crippen LogP contribution >= 0.6 is 0 Å². The fourth-order valence-electron chi connectivity index (χ4n) is 3.37. The lowest BCUT2D eigenvalue weighted by Crippen LogP contribution is -2.28. The summed E-state index contributed by atoms with van der Waals surface area (Å²) < 4.78 is 15.6. The van der Waals surface area contributed by atoms with Gasteiger partial charge in [-0.2, -0.15) is 0 Å². The van der Waals surface area contributed by atoms with Crippen molar-refractivity contribution in [3.63, 3.8) is 0 Å². The summed E-state index contributed by atoms with van der Waals surface area (Å²) in [6, 6.07) is 11.5. The Balaban J connectivity index is 1.59. The third-order valence-electron chi connectivity index (χ3n) is 5.03. The first-order chi connectivity index (χ1) is 15.3. The summed E-state index contributed by atoms with van der Waals surface area (Å²) in [6.45, 7) is 1.02. The second-order valence-corrected chi connectivity index (χ2v) is 7.24. The maximum atomic E-state index is 12.5. The number of rotatable bonds is 8. The van der Waals surface area contributed by atoms with Crippen LogP contribution in [0.3, 0.4) is 0 Å². The van der Waals surface area contributed by atoms with Crippen molar-refractivity contribution in [3.8, 4) is 11.5 Å². The molecule has 1 atom stereocenters. The molecule has 1 aliphatic rings. The van der Waals surface area contributed by atoms with Crippen LogP contribution in [-0.4, -0.2) is 50.9 Å². The highest BCUT2D eigenvalue weighted by molar-refractivity contribution is 6.01. The van der Waals surface area contributed by atoms with E-state index in [0.717, 1.165) is 0 Å². The number of carbonyl (C=O) groups excluding carboxylic acids is 4. The van der Waals surface area contributed by atoms with Crippen LogP contribution in [0, 0.1) is 5.92 Å². The number of hydrogen-bond donors (Lipinski definition) is 1. The van der Waals surface area contributed by atoms with Crippen LogP contribution < -0.4 is 19.7 Å². The largest absolute Gasteiger partial charge is 0.497 e. The zero-order valence-electron chi connectivity index (χ0n) is 18.0. The second kappa shape index (κ2) is 9.95. The Morgan fingerprint density at radius 1 is 1.09 bits per heavy atom. The van der Waals surface area contributed by atoms with Gasteiger partial charge in [-0.15, -0.1) is 0 Å². The summed E-state index contributed by atoms with van der Waals surface area (Å²) in [5.41, 5.74) is 1.37. The van der Waals surface area contributed by atoms with Crippen molar-refractivity contribution in [2.75, 3.05) is 37.6 Å². The highest BCUT2D eigenvalue weighted by atomic mass is 16.5. The maximum Gasteiger partial charge on any atom is 0.311 e. The lowest BCUT2D eigenvalue weighted by atomic mass is 10.1. The molecule has 1 heterocycles. The molecule has 0 radical (unpaired) electrons. The van der Waals surface area contributed by atoms with Crippen molar-refractivity contribution in [1.82, 2.24) is 0 Å². The van der Waals surface area contributed by atoms with Crippen LogP contribution in [0.4, 0.5) is 11.4 Å². The molecule has 0 bridgehead atoms. The molecule has 1 N–H and O–H groups in total. The minimum Gasteiger partial charge on any atom is -0.497 e. The van der Waals surface area contributed by atoms with E-state index in [1.165, 1.54) is 32.1 Å². The molecule has 2 aromatic rings. The predicted molar refractivity (Wildman–Crippen MR) is 116 cm³/mol. The Bertz CT molecular complexity index is 1050. The number of methoxy groups -OCH3 is 2. The lowest BCUT2D eigenvalue weighted by Gasteiger charge is -2.20. The molecule has 1 saturated heterocycles.